The topological polar surface area (TPSA) is 54.1 Å². The van der Waals surface area contributed by atoms with Crippen molar-refractivity contribution in [1.29, 1.82) is 0 Å². The van der Waals surface area contributed by atoms with Gasteiger partial charge < -0.3 is 15.0 Å². The number of ether oxygens (including phenoxy) is 1. The Bertz CT molecular complexity index is 564. The van der Waals surface area contributed by atoms with Gasteiger partial charge in [-0.15, -0.1) is 0 Å². The molecule has 2 N–H and O–H groups in total. The molecule has 4 nitrogen and oxygen atoms in total. The zero-order chi connectivity index (χ0) is 13.3. The summed E-state index contributed by atoms with van der Waals surface area (Å²) in [5, 5.41) is 4.13. The maximum atomic E-state index is 12.3. The van der Waals surface area contributed by atoms with Crippen LogP contribution in [0.25, 0.3) is 10.9 Å². The quantitative estimate of drug-likeness (QED) is 0.869. The number of hydrogen-bond acceptors (Lipinski definition) is 2. The number of carbonyl (C=O) groups excluding carboxylic acids is 1. The van der Waals surface area contributed by atoms with E-state index in [4.69, 9.17) is 4.74 Å². The van der Waals surface area contributed by atoms with E-state index < -0.39 is 0 Å². The van der Waals surface area contributed by atoms with Crippen molar-refractivity contribution in [2.24, 2.45) is 0 Å². The Morgan fingerprint density at radius 1 is 1.42 bits per heavy atom. The lowest BCUT2D eigenvalue weighted by molar-refractivity contribution is 0.0271. The van der Waals surface area contributed by atoms with Crippen LogP contribution in [0, 0.1) is 0 Å². The van der Waals surface area contributed by atoms with Crippen molar-refractivity contribution in [2.45, 2.75) is 25.3 Å². The van der Waals surface area contributed by atoms with Crippen LogP contribution in [-0.4, -0.2) is 29.6 Å². The second-order valence-corrected chi connectivity index (χ2v) is 5.44. The second kappa shape index (κ2) is 4.70. The normalized spacial score (nSPS) is 23.4. The highest BCUT2D eigenvalue weighted by Crippen LogP contribution is 2.20. The largest absolute Gasteiger partial charge is 0.379 e. The molecular formula is C15H18N2O2. The number of fused-ring (bicyclic) bond motifs is 1. The van der Waals surface area contributed by atoms with Crippen molar-refractivity contribution < 1.29 is 9.53 Å². The van der Waals surface area contributed by atoms with Crippen molar-refractivity contribution in [3.8, 4) is 0 Å². The average Bonchev–Trinajstić information content (AvgIpc) is 2.83. The molecule has 1 aromatic carbocycles. The summed E-state index contributed by atoms with van der Waals surface area (Å²) in [5.74, 6) is -0.0656. The third kappa shape index (κ3) is 2.49. The fourth-order valence-corrected chi connectivity index (χ4v) is 2.57. The Kier molecular flexibility index (Phi) is 3.03. The Balaban J connectivity index is 1.79. The van der Waals surface area contributed by atoms with Gasteiger partial charge in [0, 0.05) is 17.5 Å². The minimum absolute atomic E-state index is 0.0656. The zero-order valence-corrected chi connectivity index (χ0v) is 11.0. The van der Waals surface area contributed by atoms with Gasteiger partial charge in [0.05, 0.1) is 12.1 Å². The molecule has 1 atom stereocenters. The Labute approximate surface area is 112 Å². The number of hydrogen-bond donors (Lipinski definition) is 2. The summed E-state index contributed by atoms with van der Waals surface area (Å²) in [6.45, 7) is 3.41. The minimum Gasteiger partial charge on any atom is -0.379 e. The zero-order valence-electron chi connectivity index (χ0n) is 11.0. The van der Waals surface area contributed by atoms with Crippen LogP contribution < -0.4 is 5.32 Å². The van der Waals surface area contributed by atoms with Gasteiger partial charge in [0.2, 0.25) is 0 Å². The van der Waals surface area contributed by atoms with E-state index in [0.717, 1.165) is 30.4 Å². The molecule has 4 heteroatoms. The molecule has 1 amide bonds. The van der Waals surface area contributed by atoms with Gasteiger partial charge in [-0.1, -0.05) is 18.2 Å². The summed E-state index contributed by atoms with van der Waals surface area (Å²) < 4.78 is 5.46. The van der Waals surface area contributed by atoms with Crippen LogP contribution in [0.5, 0.6) is 0 Å². The number of carbonyl (C=O) groups is 1. The molecule has 2 aromatic rings. The Hall–Kier alpha value is -1.81. The molecule has 0 saturated carbocycles. The fourth-order valence-electron chi connectivity index (χ4n) is 2.57. The fraction of sp³-hybridized carbons (Fsp3) is 0.400. The minimum atomic E-state index is -0.257. The SMILES string of the molecule is CC1(NC(=O)c2cc3ccccc3[nH]2)CCCOC1. The van der Waals surface area contributed by atoms with E-state index >= 15 is 0 Å². The number of amides is 1. The van der Waals surface area contributed by atoms with Crippen LogP contribution in [-0.2, 0) is 4.74 Å². The van der Waals surface area contributed by atoms with Gasteiger partial charge >= 0.3 is 0 Å². The summed E-state index contributed by atoms with van der Waals surface area (Å²) in [5.41, 5.74) is 1.33. The average molecular weight is 258 g/mol. The van der Waals surface area contributed by atoms with Crippen LogP contribution in [0.3, 0.4) is 0 Å². The summed E-state index contributed by atoms with van der Waals surface area (Å²) in [6, 6.07) is 9.77. The summed E-state index contributed by atoms with van der Waals surface area (Å²) in [6.07, 6.45) is 1.95. The van der Waals surface area contributed by atoms with Crippen LogP contribution >= 0.6 is 0 Å². The third-order valence-electron chi connectivity index (χ3n) is 3.63. The molecule has 0 spiro atoms. The van der Waals surface area contributed by atoms with E-state index in [2.05, 4.69) is 10.3 Å². The van der Waals surface area contributed by atoms with Crippen molar-refractivity contribution in [3.05, 3.63) is 36.0 Å². The Morgan fingerprint density at radius 3 is 3.00 bits per heavy atom. The molecule has 19 heavy (non-hydrogen) atoms. The first kappa shape index (κ1) is 12.2. The summed E-state index contributed by atoms with van der Waals surface area (Å²) in [4.78, 5) is 15.4. The first-order valence-electron chi connectivity index (χ1n) is 6.64. The van der Waals surface area contributed by atoms with E-state index in [1.165, 1.54) is 0 Å². The van der Waals surface area contributed by atoms with Gasteiger partial charge in [-0.25, -0.2) is 0 Å². The number of nitrogens with one attached hydrogen (secondary N) is 2. The van der Waals surface area contributed by atoms with Gasteiger partial charge in [0.1, 0.15) is 5.69 Å². The number of benzene rings is 1. The monoisotopic (exact) mass is 258 g/mol. The van der Waals surface area contributed by atoms with Crippen molar-refractivity contribution in [2.75, 3.05) is 13.2 Å². The molecule has 1 aromatic heterocycles. The van der Waals surface area contributed by atoms with E-state index in [1.54, 1.807) is 0 Å². The number of H-pyrrole nitrogens is 1. The highest BCUT2D eigenvalue weighted by atomic mass is 16.5. The maximum absolute atomic E-state index is 12.3. The summed E-state index contributed by atoms with van der Waals surface area (Å²) >= 11 is 0. The van der Waals surface area contributed by atoms with Gasteiger partial charge in [-0.05, 0) is 31.9 Å². The van der Waals surface area contributed by atoms with Crippen LogP contribution in [0.15, 0.2) is 30.3 Å². The second-order valence-electron chi connectivity index (χ2n) is 5.44. The number of aromatic nitrogens is 1. The van der Waals surface area contributed by atoms with Crippen LogP contribution in [0.1, 0.15) is 30.3 Å². The van der Waals surface area contributed by atoms with Gasteiger partial charge in [0.15, 0.2) is 0 Å². The smallest absolute Gasteiger partial charge is 0.268 e. The van der Waals surface area contributed by atoms with Gasteiger partial charge in [0.25, 0.3) is 5.91 Å². The van der Waals surface area contributed by atoms with Gasteiger partial charge in [-0.2, -0.15) is 0 Å². The van der Waals surface area contributed by atoms with Crippen LogP contribution in [0.2, 0.25) is 0 Å². The number of para-hydroxylation sites is 1. The molecule has 1 fully saturated rings. The predicted octanol–water partition coefficient (Wildman–Crippen LogP) is 2.47. The lowest BCUT2D eigenvalue weighted by atomic mass is 9.95. The van der Waals surface area contributed by atoms with Crippen molar-refractivity contribution >= 4 is 16.8 Å². The molecule has 1 aliphatic heterocycles. The van der Waals surface area contributed by atoms with E-state index in [9.17, 15) is 4.79 Å². The third-order valence-corrected chi connectivity index (χ3v) is 3.63. The lowest BCUT2D eigenvalue weighted by Crippen LogP contribution is -2.51. The molecule has 0 bridgehead atoms. The molecule has 1 saturated heterocycles. The van der Waals surface area contributed by atoms with E-state index in [1.807, 2.05) is 37.3 Å². The van der Waals surface area contributed by atoms with E-state index in [-0.39, 0.29) is 11.4 Å². The number of rotatable bonds is 2. The van der Waals surface area contributed by atoms with Crippen molar-refractivity contribution in [1.82, 2.24) is 10.3 Å². The predicted molar refractivity (Wildman–Crippen MR) is 74.2 cm³/mol. The maximum Gasteiger partial charge on any atom is 0.268 e. The molecule has 2 heterocycles. The van der Waals surface area contributed by atoms with E-state index in [0.29, 0.717) is 12.3 Å². The highest BCUT2D eigenvalue weighted by Gasteiger charge is 2.29. The molecular weight excluding hydrogens is 240 g/mol. The number of aromatic amines is 1. The molecule has 1 unspecified atom stereocenters. The van der Waals surface area contributed by atoms with Gasteiger partial charge in [-0.3, -0.25) is 4.79 Å². The standard InChI is InChI=1S/C15H18N2O2/c1-15(7-4-8-19-10-15)17-14(18)13-9-11-5-2-3-6-12(11)16-13/h2-3,5-6,9,16H,4,7-8,10H2,1H3,(H,17,18). The lowest BCUT2D eigenvalue weighted by Gasteiger charge is -2.34. The Morgan fingerprint density at radius 2 is 2.26 bits per heavy atom. The molecule has 100 valence electrons. The highest BCUT2D eigenvalue weighted by molar-refractivity contribution is 5.98. The first-order chi connectivity index (χ1) is 9.16. The molecule has 0 radical (unpaired) electrons. The first-order valence-corrected chi connectivity index (χ1v) is 6.64. The molecule has 1 aliphatic rings. The summed E-state index contributed by atoms with van der Waals surface area (Å²) in [7, 11) is 0. The van der Waals surface area contributed by atoms with Crippen LogP contribution in [0.4, 0.5) is 0 Å². The molecule has 3 rings (SSSR count). The molecule has 0 aliphatic carbocycles. The van der Waals surface area contributed by atoms with Crippen molar-refractivity contribution in [3.63, 3.8) is 0 Å².